The summed E-state index contributed by atoms with van der Waals surface area (Å²) in [6.07, 6.45) is 0.966. The molecular weight excluding hydrogens is 188 g/mol. The first-order chi connectivity index (χ1) is 7.27. The molecule has 0 spiro atoms. The van der Waals surface area contributed by atoms with Crippen LogP contribution in [-0.4, -0.2) is 12.2 Å². The maximum Gasteiger partial charge on any atom is 0.118 e. The van der Waals surface area contributed by atoms with Gasteiger partial charge >= 0.3 is 0 Å². The van der Waals surface area contributed by atoms with E-state index in [2.05, 4.69) is 11.8 Å². The summed E-state index contributed by atoms with van der Waals surface area (Å²) >= 11 is 0. The average molecular weight is 204 g/mol. The van der Waals surface area contributed by atoms with Crippen molar-refractivity contribution in [1.29, 1.82) is 0 Å². The molecule has 0 bridgehead atoms. The Labute approximate surface area is 90.9 Å². The van der Waals surface area contributed by atoms with Crippen LogP contribution in [0, 0.1) is 11.8 Å². The van der Waals surface area contributed by atoms with Crippen LogP contribution in [0.3, 0.4) is 0 Å². The lowest BCUT2D eigenvalue weighted by atomic mass is 10.1. The average Bonchev–Trinajstić information content (AvgIpc) is 2.29. The van der Waals surface area contributed by atoms with Crippen LogP contribution in [-0.2, 0) is 0 Å². The Bertz CT molecular complexity index is 343. The van der Waals surface area contributed by atoms with Crippen LogP contribution >= 0.6 is 0 Å². The second-order valence-corrected chi connectivity index (χ2v) is 3.25. The smallest absolute Gasteiger partial charge is 0.118 e. The lowest BCUT2D eigenvalue weighted by molar-refractivity contribution is 0.169. The Morgan fingerprint density at radius 1 is 1.33 bits per heavy atom. The molecule has 1 aromatic rings. The Kier molecular flexibility index (Phi) is 4.73. The van der Waals surface area contributed by atoms with Gasteiger partial charge in [-0.25, -0.2) is 0 Å². The minimum atomic E-state index is -0.434. The second-order valence-electron chi connectivity index (χ2n) is 3.25. The fraction of sp³-hybridized carbons (Fsp3) is 0.385. The largest absolute Gasteiger partial charge is 0.497 e. The fourth-order valence-electron chi connectivity index (χ4n) is 1.33. The van der Waals surface area contributed by atoms with Gasteiger partial charge < -0.3 is 9.84 Å². The van der Waals surface area contributed by atoms with Crippen LogP contribution in [0.4, 0.5) is 0 Å². The molecule has 2 heteroatoms. The van der Waals surface area contributed by atoms with Gasteiger partial charge in [0.05, 0.1) is 13.2 Å². The van der Waals surface area contributed by atoms with Crippen molar-refractivity contribution in [2.24, 2.45) is 0 Å². The van der Waals surface area contributed by atoms with Gasteiger partial charge in [-0.15, -0.1) is 11.8 Å². The summed E-state index contributed by atoms with van der Waals surface area (Å²) in [7, 11) is 1.63. The number of aliphatic hydroxyl groups is 1. The van der Waals surface area contributed by atoms with Crippen LogP contribution < -0.4 is 4.74 Å². The highest BCUT2D eigenvalue weighted by Crippen LogP contribution is 2.20. The summed E-state index contributed by atoms with van der Waals surface area (Å²) in [5, 5.41) is 9.80. The van der Waals surface area contributed by atoms with Crippen molar-refractivity contribution in [3.63, 3.8) is 0 Å². The van der Waals surface area contributed by atoms with Crippen LogP contribution in [0.25, 0.3) is 0 Å². The molecule has 80 valence electrons. The molecule has 1 atom stereocenters. The zero-order valence-corrected chi connectivity index (χ0v) is 9.16. The van der Waals surface area contributed by atoms with E-state index < -0.39 is 6.10 Å². The monoisotopic (exact) mass is 204 g/mol. The van der Waals surface area contributed by atoms with E-state index in [4.69, 9.17) is 4.74 Å². The number of hydrogen-bond acceptors (Lipinski definition) is 2. The van der Waals surface area contributed by atoms with Gasteiger partial charge in [0.25, 0.3) is 0 Å². The van der Waals surface area contributed by atoms with Crippen LogP contribution in [0.15, 0.2) is 24.3 Å². The number of rotatable bonds is 4. The summed E-state index contributed by atoms with van der Waals surface area (Å²) in [6.45, 7) is 1.81. The third kappa shape index (κ3) is 3.65. The molecule has 0 saturated carbocycles. The lowest BCUT2D eigenvalue weighted by Crippen LogP contribution is -1.96. The quantitative estimate of drug-likeness (QED) is 0.764. The van der Waals surface area contributed by atoms with E-state index in [-0.39, 0.29) is 0 Å². The van der Waals surface area contributed by atoms with E-state index in [9.17, 15) is 5.11 Å². The molecule has 0 aromatic heterocycles. The van der Waals surface area contributed by atoms with E-state index in [1.807, 2.05) is 24.3 Å². The third-order valence-electron chi connectivity index (χ3n) is 2.22. The molecule has 0 radical (unpaired) electrons. The van der Waals surface area contributed by atoms with E-state index in [0.29, 0.717) is 6.42 Å². The van der Waals surface area contributed by atoms with Crippen molar-refractivity contribution in [3.8, 4) is 17.6 Å². The summed E-state index contributed by atoms with van der Waals surface area (Å²) in [5.41, 5.74) is 0.911. The Morgan fingerprint density at radius 2 is 2.00 bits per heavy atom. The third-order valence-corrected chi connectivity index (χ3v) is 2.22. The van der Waals surface area contributed by atoms with Gasteiger partial charge in [-0.3, -0.25) is 0 Å². The highest BCUT2D eigenvalue weighted by Gasteiger charge is 2.05. The van der Waals surface area contributed by atoms with Gasteiger partial charge in [-0.1, -0.05) is 12.1 Å². The molecule has 2 nitrogen and oxygen atoms in total. The van der Waals surface area contributed by atoms with Gasteiger partial charge in [0, 0.05) is 6.42 Å². The van der Waals surface area contributed by atoms with Gasteiger partial charge in [0.15, 0.2) is 0 Å². The highest BCUT2D eigenvalue weighted by atomic mass is 16.5. The summed E-state index contributed by atoms with van der Waals surface area (Å²) in [6, 6.07) is 7.46. The maximum absolute atomic E-state index is 9.80. The number of benzene rings is 1. The number of hydrogen-bond donors (Lipinski definition) is 1. The Morgan fingerprint density at radius 3 is 2.53 bits per heavy atom. The molecule has 1 aromatic carbocycles. The Balaban J connectivity index is 2.56. The standard InChI is InChI=1S/C13H16O2/c1-3-4-5-6-13(14)11-7-9-12(15-2)10-8-11/h7-10,13-14H,5-6H2,1-2H3. The molecule has 0 aliphatic rings. The zero-order valence-electron chi connectivity index (χ0n) is 9.16. The van der Waals surface area contributed by atoms with Gasteiger partial charge in [0.2, 0.25) is 0 Å². The first-order valence-corrected chi connectivity index (χ1v) is 4.99. The number of aliphatic hydroxyl groups excluding tert-OH is 1. The van der Waals surface area contributed by atoms with Crippen molar-refractivity contribution in [1.82, 2.24) is 0 Å². The predicted octanol–water partition coefficient (Wildman–Crippen LogP) is 2.53. The Hall–Kier alpha value is -1.46. The molecule has 0 amide bonds. The van der Waals surface area contributed by atoms with Gasteiger partial charge in [-0.2, -0.15) is 0 Å². The van der Waals surface area contributed by atoms with Crippen LogP contribution in [0.1, 0.15) is 31.4 Å². The second kappa shape index (κ2) is 6.10. The fourth-order valence-corrected chi connectivity index (χ4v) is 1.33. The summed E-state index contributed by atoms with van der Waals surface area (Å²) < 4.78 is 5.04. The first-order valence-electron chi connectivity index (χ1n) is 4.99. The molecule has 0 heterocycles. The number of ether oxygens (including phenoxy) is 1. The SMILES string of the molecule is CC#CCCC(O)c1ccc(OC)cc1. The van der Waals surface area contributed by atoms with Crippen molar-refractivity contribution < 1.29 is 9.84 Å². The van der Waals surface area contributed by atoms with E-state index in [1.165, 1.54) is 0 Å². The molecule has 0 aliphatic carbocycles. The molecule has 0 aliphatic heterocycles. The summed E-state index contributed by atoms with van der Waals surface area (Å²) in [5.74, 6) is 6.55. The molecule has 0 saturated heterocycles. The van der Waals surface area contributed by atoms with E-state index in [0.717, 1.165) is 17.7 Å². The molecule has 1 N–H and O–H groups in total. The molecule has 0 fully saturated rings. The zero-order chi connectivity index (χ0) is 11.1. The molecule has 1 rings (SSSR count). The van der Waals surface area contributed by atoms with Crippen molar-refractivity contribution >= 4 is 0 Å². The normalized spacial score (nSPS) is 11.4. The molecule has 15 heavy (non-hydrogen) atoms. The minimum absolute atomic E-state index is 0.434. The van der Waals surface area contributed by atoms with Crippen molar-refractivity contribution in [2.45, 2.75) is 25.9 Å². The first kappa shape index (κ1) is 11.6. The summed E-state index contributed by atoms with van der Waals surface area (Å²) in [4.78, 5) is 0. The van der Waals surface area contributed by atoms with Gasteiger partial charge in [-0.05, 0) is 31.0 Å². The topological polar surface area (TPSA) is 29.5 Å². The highest BCUT2D eigenvalue weighted by molar-refractivity contribution is 5.28. The predicted molar refractivity (Wildman–Crippen MR) is 60.6 cm³/mol. The van der Waals surface area contributed by atoms with Crippen LogP contribution in [0.5, 0.6) is 5.75 Å². The number of methoxy groups -OCH3 is 1. The van der Waals surface area contributed by atoms with Gasteiger partial charge in [0.1, 0.15) is 5.75 Å². The minimum Gasteiger partial charge on any atom is -0.497 e. The van der Waals surface area contributed by atoms with E-state index >= 15 is 0 Å². The molecular formula is C13H16O2. The lowest BCUT2D eigenvalue weighted by Gasteiger charge is -2.09. The van der Waals surface area contributed by atoms with Crippen molar-refractivity contribution in [3.05, 3.63) is 29.8 Å². The van der Waals surface area contributed by atoms with E-state index in [1.54, 1.807) is 14.0 Å². The van der Waals surface area contributed by atoms with Crippen LogP contribution in [0.2, 0.25) is 0 Å². The van der Waals surface area contributed by atoms with Crippen molar-refractivity contribution in [2.75, 3.05) is 7.11 Å². The molecule has 1 unspecified atom stereocenters. The maximum atomic E-state index is 9.80.